The number of nitrogens with zero attached hydrogens (tertiary/aromatic N) is 3. The second kappa shape index (κ2) is 7.20. The van der Waals surface area contributed by atoms with Gasteiger partial charge in [-0.2, -0.15) is 0 Å². The highest BCUT2D eigenvalue weighted by Gasteiger charge is 2.59. The van der Waals surface area contributed by atoms with Gasteiger partial charge in [-0.05, 0) is 32.0 Å². The van der Waals surface area contributed by atoms with Crippen LogP contribution >= 0.6 is 0 Å². The summed E-state index contributed by atoms with van der Waals surface area (Å²) in [6, 6.07) is 12.4. The van der Waals surface area contributed by atoms with Gasteiger partial charge in [0.2, 0.25) is 11.8 Å². The van der Waals surface area contributed by atoms with Gasteiger partial charge in [0.05, 0.1) is 22.6 Å². The number of ether oxygens (including phenoxy) is 1. The van der Waals surface area contributed by atoms with Crippen molar-refractivity contribution >= 4 is 28.4 Å². The van der Waals surface area contributed by atoms with Crippen LogP contribution in [-0.2, 0) is 25.7 Å². The Labute approximate surface area is 200 Å². The number of fused-ring (bicyclic) bond motifs is 5. The molecule has 0 saturated carbocycles. The van der Waals surface area contributed by atoms with Crippen molar-refractivity contribution in [2.45, 2.75) is 49.8 Å². The van der Waals surface area contributed by atoms with Crippen molar-refractivity contribution in [3.63, 3.8) is 0 Å². The molecule has 6 rings (SSSR count). The fraction of sp³-hybridized carbons (Fsp3) is 0.360. The van der Waals surface area contributed by atoms with E-state index in [1.807, 2.05) is 0 Å². The molecule has 0 aliphatic carbocycles. The molecule has 3 aromatic rings. The molecule has 0 radical (unpaired) electrons. The van der Waals surface area contributed by atoms with Crippen LogP contribution in [0.3, 0.4) is 0 Å². The fourth-order valence-electron chi connectivity index (χ4n) is 5.63. The van der Waals surface area contributed by atoms with Crippen LogP contribution in [-0.4, -0.2) is 45.8 Å². The Hall–Kier alpha value is -3.60. The van der Waals surface area contributed by atoms with E-state index in [2.05, 4.69) is 15.6 Å². The van der Waals surface area contributed by atoms with Gasteiger partial charge in [0, 0.05) is 19.1 Å². The van der Waals surface area contributed by atoms with Gasteiger partial charge in [-0.15, -0.1) is 0 Å². The van der Waals surface area contributed by atoms with Crippen molar-refractivity contribution in [1.29, 1.82) is 0 Å². The lowest BCUT2D eigenvalue weighted by Crippen LogP contribution is -2.59. The number of para-hydroxylation sites is 2. The van der Waals surface area contributed by atoms with Crippen molar-refractivity contribution < 1.29 is 19.4 Å². The monoisotopic (exact) mass is 475 g/mol. The van der Waals surface area contributed by atoms with Crippen LogP contribution < -0.4 is 21.1 Å². The van der Waals surface area contributed by atoms with E-state index in [4.69, 9.17) is 4.74 Å². The van der Waals surface area contributed by atoms with Gasteiger partial charge >= 0.3 is 0 Å². The van der Waals surface area contributed by atoms with Crippen molar-refractivity contribution in [2.24, 2.45) is 0 Å². The molecule has 10 heteroatoms. The predicted molar refractivity (Wildman–Crippen MR) is 126 cm³/mol. The highest BCUT2D eigenvalue weighted by molar-refractivity contribution is 6.02. The van der Waals surface area contributed by atoms with E-state index in [0.29, 0.717) is 22.2 Å². The first kappa shape index (κ1) is 21.9. The summed E-state index contributed by atoms with van der Waals surface area (Å²) in [5.41, 5.74) is -1.78. The molecule has 3 N–H and O–H groups in total. The van der Waals surface area contributed by atoms with Crippen molar-refractivity contribution in [3.8, 4) is 0 Å². The summed E-state index contributed by atoms with van der Waals surface area (Å²) in [6.07, 6.45) is -0.935. The molecule has 5 unspecified atom stereocenters. The lowest BCUT2D eigenvalue weighted by atomic mass is 9.85. The minimum absolute atomic E-state index is 0.156. The first-order chi connectivity index (χ1) is 16.7. The van der Waals surface area contributed by atoms with E-state index in [1.54, 1.807) is 67.3 Å². The molecule has 3 aliphatic rings. The van der Waals surface area contributed by atoms with Gasteiger partial charge in [0.1, 0.15) is 17.8 Å². The maximum Gasteiger partial charge on any atom is 0.262 e. The van der Waals surface area contributed by atoms with Crippen LogP contribution in [0.4, 0.5) is 5.69 Å². The van der Waals surface area contributed by atoms with Crippen molar-refractivity contribution in [3.05, 3.63) is 70.3 Å². The first-order valence-electron chi connectivity index (χ1n) is 11.5. The third-order valence-corrected chi connectivity index (χ3v) is 7.48. The zero-order chi connectivity index (χ0) is 24.7. The third-order valence-electron chi connectivity index (χ3n) is 7.48. The third kappa shape index (κ3) is 2.81. The molecule has 0 spiro atoms. The predicted octanol–water partition coefficient (Wildman–Crippen LogP) is 0.829. The van der Waals surface area contributed by atoms with E-state index in [1.165, 1.54) is 11.7 Å². The Morgan fingerprint density at radius 3 is 2.60 bits per heavy atom. The van der Waals surface area contributed by atoms with E-state index >= 15 is 0 Å². The van der Waals surface area contributed by atoms with Gasteiger partial charge in [0.15, 0.2) is 11.5 Å². The standard InChI is InChI=1S/C25H25N5O5/c1-13-20(32)29-17-11-7-5-9-15(17)25(34,23(29)26-13)12-18-19(31)28-24(2,35-3)22-27-16-10-6-4-8-14(16)21(33)30(18)22/h4-11,13,18,23,26,34H,12H2,1-3H3,(H,28,31). The molecule has 3 aliphatic heterocycles. The molecule has 2 amide bonds. The second-order valence-electron chi connectivity index (χ2n) is 9.51. The summed E-state index contributed by atoms with van der Waals surface area (Å²) in [5.74, 6) is -0.407. The number of nitrogens with one attached hydrogen (secondary N) is 2. The number of amides is 2. The Morgan fingerprint density at radius 1 is 1.11 bits per heavy atom. The van der Waals surface area contributed by atoms with Crippen LogP contribution in [0.1, 0.15) is 37.7 Å². The van der Waals surface area contributed by atoms with E-state index in [0.717, 1.165) is 0 Å². The number of hydrogen-bond acceptors (Lipinski definition) is 7. The number of carbonyl (C=O) groups excluding carboxylic acids is 2. The maximum atomic E-state index is 13.7. The summed E-state index contributed by atoms with van der Waals surface area (Å²) in [7, 11) is 1.43. The van der Waals surface area contributed by atoms with Crippen LogP contribution in [0.2, 0.25) is 0 Å². The normalized spacial score (nSPS) is 31.3. The zero-order valence-electron chi connectivity index (χ0n) is 19.5. The Kier molecular flexibility index (Phi) is 4.51. The lowest BCUT2D eigenvalue weighted by Gasteiger charge is -2.41. The number of aliphatic hydroxyl groups is 1. The average Bonchev–Trinajstić information content (AvgIpc) is 3.28. The quantitative estimate of drug-likeness (QED) is 0.512. The summed E-state index contributed by atoms with van der Waals surface area (Å²) in [5, 5.41) is 18.5. The Bertz CT molecular complexity index is 1470. The lowest BCUT2D eigenvalue weighted by molar-refractivity contribution is -0.143. The smallest absolute Gasteiger partial charge is 0.262 e. The van der Waals surface area contributed by atoms with Gasteiger partial charge in [-0.1, -0.05) is 30.3 Å². The number of aromatic nitrogens is 2. The topological polar surface area (TPSA) is 126 Å². The Morgan fingerprint density at radius 2 is 1.83 bits per heavy atom. The molecule has 1 aromatic heterocycles. The summed E-state index contributed by atoms with van der Waals surface area (Å²) < 4.78 is 6.92. The largest absolute Gasteiger partial charge is 0.381 e. The number of benzene rings is 2. The van der Waals surface area contributed by atoms with E-state index in [-0.39, 0.29) is 18.2 Å². The van der Waals surface area contributed by atoms with Crippen LogP contribution in [0.15, 0.2) is 53.3 Å². The van der Waals surface area contributed by atoms with Crippen LogP contribution in [0, 0.1) is 0 Å². The zero-order valence-corrected chi connectivity index (χ0v) is 19.5. The molecule has 4 heterocycles. The number of methoxy groups -OCH3 is 1. The van der Waals surface area contributed by atoms with Crippen molar-refractivity contribution in [1.82, 2.24) is 20.2 Å². The van der Waals surface area contributed by atoms with Crippen LogP contribution in [0.25, 0.3) is 10.9 Å². The van der Waals surface area contributed by atoms with E-state index in [9.17, 15) is 19.5 Å². The number of carbonyl (C=O) groups is 2. The maximum absolute atomic E-state index is 13.7. The molecule has 180 valence electrons. The summed E-state index contributed by atoms with van der Waals surface area (Å²) >= 11 is 0. The number of hydrogen-bond donors (Lipinski definition) is 3. The second-order valence-corrected chi connectivity index (χ2v) is 9.51. The molecule has 2 aromatic carbocycles. The molecule has 10 nitrogen and oxygen atoms in total. The molecule has 1 saturated heterocycles. The number of rotatable bonds is 3. The SMILES string of the molecule is COC1(C)NC(=O)C(CC2(O)c3ccccc3N3C(=O)C(C)NC32)n2c1nc1ccccc1c2=O. The van der Waals surface area contributed by atoms with Gasteiger partial charge in [-0.3, -0.25) is 29.2 Å². The molecular weight excluding hydrogens is 450 g/mol. The van der Waals surface area contributed by atoms with E-state index < -0.39 is 41.0 Å². The molecule has 1 fully saturated rings. The molecular formula is C25H25N5O5. The first-order valence-corrected chi connectivity index (χ1v) is 11.5. The summed E-state index contributed by atoms with van der Waals surface area (Å²) in [6.45, 7) is 3.37. The van der Waals surface area contributed by atoms with Crippen LogP contribution in [0.5, 0.6) is 0 Å². The van der Waals surface area contributed by atoms with Gasteiger partial charge in [0.25, 0.3) is 5.56 Å². The Balaban J connectivity index is 1.55. The molecule has 0 bridgehead atoms. The highest BCUT2D eigenvalue weighted by Crippen LogP contribution is 2.49. The average molecular weight is 476 g/mol. The van der Waals surface area contributed by atoms with Gasteiger partial charge in [-0.25, -0.2) is 4.98 Å². The summed E-state index contributed by atoms with van der Waals surface area (Å²) in [4.78, 5) is 46.3. The van der Waals surface area contributed by atoms with Crippen molar-refractivity contribution in [2.75, 3.05) is 12.0 Å². The number of anilines is 1. The molecule has 5 atom stereocenters. The minimum atomic E-state index is -1.64. The minimum Gasteiger partial charge on any atom is -0.381 e. The fourth-order valence-corrected chi connectivity index (χ4v) is 5.63. The van der Waals surface area contributed by atoms with Gasteiger partial charge < -0.3 is 15.2 Å². The highest BCUT2D eigenvalue weighted by atomic mass is 16.5. The molecule has 35 heavy (non-hydrogen) atoms.